The molecule has 1 saturated heterocycles. The lowest BCUT2D eigenvalue weighted by atomic mass is 10.0. The highest BCUT2D eigenvalue weighted by Gasteiger charge is 2.33. The largest absolute Gasteiger partial charge is 0.534 e. The lowest BCUT2D eigenvalue weighted by Crippen LogP contribution is -2.43. The van der Waals surface area contributed by atoms with Gasteiger partial charge in [0.1, 0.15) is 18.4 Å². The Morgan fingerprint density at radius 3 is 2.25 bits per heavy atom. The first-order valence-corrected chi connectivity index (χ1v) is 9.06. The maximum atomic E-state index is 12.2. The van der Waals surface area contributed by atoms with E-state index in [1.54, 1.807) is 24.3 Å². The number of nitrogens with one attached hydrogen (secondary N) is 1. The molecule has 2 amide bonds. The summed E-state index contributed by atoms with van der Waals surface area (Å²) in [6.45, 7) is 6.29. The summed E-state index contributed by atoms with van der Waals surface area (Å²) in [5, 5.41) is 3.50. The van der Waals surface area contributed by atoms with Crippen molar-refractivity contribution in [2.24, 2.45) is 5.92 Å². The molecule has 0 saturated carbocycles. The molecule has 1 aromatic carbocycles. The monoisotopic (exact) mass is 392 g/mol. The Bertz CT molecular complexity index is 714. The molecule has 1 heterocycles. The molecule has 2 rings (SSSR count). The summed E-state index contributed by atoms with van der Waals surface area (Å²) in [7, 11) is 0. The van der Waals surface area contributed by atoms with Crippen LogP contribution in [0.4, 0.5) is 4.79 Å². The van der Waals surface area contributed by atoms with Crippen LogP contribution in [0.2, 0.25) is 0 Å². The van der Waals surface area contributed by atoms with Crippen LogP contribution < -0.4 is 10.1 Å². The quantitative estimate of drug-likeness (QED) is 0.406. The third-order valence-corrected chi connectivity index (χ3v) is 4.01. The predicted octanol–water partition coefficient (Wildman–Crippen LogP) is 1.94. The van der Waals surface area contributed by atoms with Crippen LogP contribution in [0, 0.1) is 5.92 Å². The van der Waals surface area contributed by atoms with Gasteiger partial charge in [-0.1, -0.05) is 38.0 Å². The van der Waals surface area contributed by atoms with E-state index in [0.29, 0.717) is 22.9 Å². The van der Waals surface area contributed by atoms with E-state index in [-0.39, 0.29) is 31.3 Å². The van der Waals surface area contributed by atoms with E-state index >= 15 is 0 Å². The van der Waals surface area contributed by atoms with Gasteiger partial charge >= 0.3 is 12.1 Å². The first-order valence-electron chi connectivity index (χ1n) is 9.06. The highest BCUT2D eigenvalue weighted by Crippen LogP contribution is 2.16. The zero-order valence-electron chi connectivity index (χ0n) is 16.1. The van der Waals surface area contributed by atoms with Gasteiger partial charge in [0.15, 0.2) is 0 Å². The molecule has 1 aliphatic heterocycles. The molecule has 0 radical (unpaired) electrons. The number of esters is 1. The zero-order valence-corrected chi connectivity index (χ0v) is 16.1. The fourth-order valence-corrected chi connectivity index (χ4v) is 2.55. The number of imide groups is 1. The second-order valence-electron chi connectivity index (χ2n) is 6.56. The SMILES string of the molecule is CCNC(C(=O)Oc1ccc(COC(=O)ON2C(=O)CCC2=O)cc1)C(C)C. The van der Waals surface area contributed by atoms with E-state index < -0.39 is 24.0 Å². The highest BCUT2D eigenvalue weighted by molar-refractivity contribution is 6.01. The van der Waals surface area contributed by atoms with Crippen LogP contribution in [-0.4, -0.2) is 41.6 Å². The number of likely N-dealkylation sites (N-methyl/N-ethyl adjacent to an activating group) is 1. The Morgan fingerprint density at radius 2 is 1.71 bits per heavy atom. The van der Waals surface area contributed by atoms with E-state index in [4.69, 9.17) is 9.47 Å². The summed E-state index contributed by atoms with van der Waals surface area (Å²) in [6.07, 6.45) is -1.13. The van der Waals surface area contributed by atoms with E-state index in [9.17, 15) is 19.2 Å². The van der Waals surface area contributed by atoms with Crippen LogP contribution in [0.15, 0.2) is 24.3 Å². The number of hydroxylamine groups is 2. The van der Waals surface area contributed by atoms with Gasteiger partial charge in [-0.25, -0.2) is 9.59 Å². The first-order chi connectivity index (χ1) is 13.3. The van der Waals surface area contributed by atoms with Gasteiger partial charge in [0.2, 0.25) is 0 Å². The molecule has 1 aliphatic rings. The molecule has 1 fully saturated rings. The fraction of sp³-hybridized carbons (Fsp3) is 0.474. The van der Waals surface area contributed by atoms with Gasteiger partial charge in [-0.15, -0.1) is 0 Å². The summed E-state index contributed by atoms with van der Waals surface area (Å²) < 4.78 is 10.3. The first kappa shape index (κ1) is 21.4. The third kappa shape index (κ3) is 5.78. The van der Waals surface area contributed by atoms with Crippen molar-refractivity contribution >= 4 is 23.9 Å². The summed E-state index contributed by atoms with van der Waals surface area (Å²) in [6, 6.07) is 6.01. The maximum Gasteiger partial charge on any atom is 0.534 e. The number of nitrogens with zero attached hydrogens (tertiary/aromatic N) is 1. The van der Waals surface area contributed by atoms with Crippen molar-refractivity contribution in [2.75, 3.05) is 6.54 Å². The smallest absolute Gasteiger partial charge is 0.428 e. The van der Waals surface area contributed by atoms with E-state index in [0.717, 1.165) is 0 Å². The van der Waals surface area contributed by atoms with Crippen LogP contribution in [0.25, 0.3) is 0 Å². The number of carbonyl (C=O) groups is 4. The Balaban J connectivity index is 1.83. The fourth-order valence-electron chi connectivity index (χ4n) is 2.55. The Labute approximate surface area is 162 Å². The van der Waals surface area contributed by atoms with Crippen LogP contribution in [-0.2, 0) is 30.6 Å². The molecule has 1 N–H and O–H groups in total. The molecular formula is C19H24N2O7. The Hall–Kier alpha value is -2.94. The summed E-state index contributed by atoms with van der Waals surface area (Å²) >= 11 is 0. The Morgan fingerprint density at radius 1 is 1.11 bits per heavy atom. The van der Waals surface area contributed by atoms with Gasteiger partial charge in [-0.3, -0.25) is 14.4 Å². The summed E-state index contributed by atoms with van der Waals surface area (Å²) in [5.74, 6) is -1.08. The number of hydrogen-bond donors (Lipinski definition) is 1. The minimum Gasteiger partial charge on any atom is -0.428 e. The van der Waals surface area contributed by atoms with Crippen molar-refractivity contribution in [1.29, 1.82) is 0 Å². The average Bonchev–Trinajstić information content (AvgIpc) is 2.97. The Kier molecular flexibility index (Phi) is 7.51. The molecule has 1 unspecified atom stereocenters. The maximum absolute atomic E-state index is 12.2. The average molecular weight is 392 g/mol. The minimum absolute atomic E-state index is 0.0116. The summed E-state index contributed by atoms with van der Waals surface area (Å²) in [5.41, 5.74) is 0.614. The van der Waals surface area contributed by atoms with E-state index in [2.05, 4.69) is 10.2 Å². The van der Waals surface area contributed by atoms with Gasteiger partial charge in [0.25, 0.3) is 11.8 Å². The molecule has 28 heavy (non-hydrogen) atoms. The third-order valence-electron chi connectivity index (χ3n) is 4.01. The van der Waals surface area contributed by atoms with Gasteiger partial charge in [-0.2, -0.15) is 0 Å². The molecule has 9 nitrogen and oxygen atoms in total. The number of carbonyl (C=O) groups excluding carboxylic acids is 4. The summed E-state index contributed by atoms with van der Waals surface area (Å²) in [4.78, 5) is 51.2. The molecule has 0 spiro atoms. The molecule has 1 aromatic rings. The number of hydrogen-bond acceptors (Lipinski definition) is 8. The number of ether oxygens (including phenoxy) is 2. The van der Waals surface area contributed by atoms with Crippen LogP contribution in [0.3, 0.4) is 0 Å². The van der Waals surface area contributed by atoms with Crippen LogP contribution >= 0.6 is 0 Å². The van der Waals surface area contributed by atoms with Crippen LogP contribution in [0.5, 0.6) is 5.75 Å². The van der Waals surface area contributed by atoms with Gasteiger partial charge in [0, 0.05) is 12.8 Å². The molecular weight excluding hydrogens is 368 g/mol. The van der Waals surface area contributed by atoms with Gasteiger partial charge in [-0.05, 0) is 30.2 Å². The number of amides is 2. The molecule has 9 heteroatoms. The van der Waals surface area contributed by atoms with Gasteiger partial charge < -0.3 is 14.8 Å². The molecule has 1 atom stereocenters. The van der Waals surface area contributed by atoms with Crippen molar-refractivity contribution in [1.82, 2.24) is 10.4 Å². The number of rotatable bonds is 8. The molecule has 0 bridgehead atoms. The lowest BCUT2D eigenvalue weighted by molar-refractivity contribution is -0.177. The lowest BCUT2D eigenvalue weighted by Gasteiger charge is -2.19. The van der Waals surface area contributed by atoms with Gasteiger partial charge in [0.05, 0.1) is 0 Å². The number of benzene rings is 1. The van der Waals surface area contributed by atoms with Crippen LogP contribution in [0.1, 0.15) is 39.2 Å². The molecule has 0 aromatic heterocycles. The standard InChI is InChI=1S/C19H24N2O7/c1-4-20-17(12(2)3)18(24)27-14-7-5-13(6-8-14)11-26-19(25)28-21-15(22)9-10-16(21)23/h5-8,12,17,20H,4,9-11H2,1-3H3. The van der Waals surface area contributed by atoms with Crippen molar-refractivity contribution in [3.8, 4) is 5.75 Å². The van der Waals surface area contributed by atoms with Crippen molar-refractivity contribution < 1.29 is 33.5 Å². The van der Waals surface area contributed by atoms with Crippen molar-refractivity contribution in [2.45, 2.75) is 46.3 Å². The predicted molar refractivity (Wildman–Crippen MR) is 96.7 cm³/mol. The molecule has 152 valence electrons. The second kappa shape index (κ2) is 9.84. The van der Waals surface area contributed by atoms with Crippen molar-refractivity contribution in [3.63, 3.8) is 0 Å². The molecule has 0 aliphatic carbocycles. The highest BCUT2D eigenvalue weighted by atomic mass is 16.8. The zero-order chi connectivity index (χ0) is 20.7. The van der Waals surface area contributed by atoms with E-state index in [1.807, 2.05) is 20.8 Å². The van der Waals surface area contributed by atoms with Crippen molar-refractivity contribution in [3.05, 3.63) is 29.8 Å². The topological polar surface area (TPSA) is 111 Å². The second-order valence-corrected chi connectivity index (χ2v) is 6.56. The minimum atomic E-state index is -1.15. The normalized spacial score (nSPS) is 14.9. The van der Waals surface area contributed by atoms with E-state index in [1.165, 1.54) is 0 Å².